The van der Waals surface area contributed by atoms with E-state index in [1.165, 1.54) is 16.7 Å². The van der Waals surface area contributed by atoms with Gasteiger partial charge in [0.05, 0.1) is 25.2 Å². The van der Waals surface area contributed by atoms with Crippen molar-refractivity contribution in [1.82, 2.24) is 14.6 Å². The monoisotopic (exact) mass is 489 g/mol. The van der Waals surface area contributed by atoms with Gasteiger partial charge in [-0.3, -0.25) is 9.88 Å². The van der Waals surface area contributed by atoms with Crippen molar-refractivity contribution in [2.75, 3.05) is 39.2 Å². The SMILES string of the molecule is CCc1cccc(CC)c1-c1cc(OCCNS(C)(=O)=O)c(CN2CCOCC2(C)C)c(C)n1. The molecule has 0 amide bonds. The Kier molecular flexibility index (Phi) is 8.73. The minimum Gasteiger partial charge on any atom is -0.492 e. The first-order chi connectivity index (χ1) is 16.1. The van der Waals surface area contributed by atoms with Gasteiger partial charge < -0.3 is 9.47 Å². The molecule has 0 bridgehead atoms. The van der Waals surface area contributed by atoms with Crippen LogP contribution < -0.4 is 9.46 Å². The van der Waals surface area contributed by atoms with Crippen LogP contribution in [0.5, 0.6) is 5.75 Å². The number of rotatable bonds is 10. The number of hydrogen-bond acceptors (Lipinski definition) is 6. The van der Waals surface area contributed by atoms with Gasteiger partial charge >= 0.3 is 0 Å². The fourth-order valence-corrected chi connectivity index (χ4v) is 4.91. The Morgan fingerprint density at radius 2 is 1.88 bits per heavy atom. The topological polar surface area (TPSA) is 80.8 Å². The van der Waals surface area contributed by atoms with E-state index in [1.807, 2.05) is 13.0 Å². The van der Waals surface area contributed by atoms with Gasteiger partial charge in [-0.25, -0.2) is 13.1 Å². The van der Waals surface area contributed by atoms with Crippen LogP contribution in [0.3, 0.4) is 0 Å². The molecule has 1 aliphatic heterocycles. The van der Waals surface area contributed by atoms with Crippen LogP contribution in [0.4, 0.5) is 0 Å². The largest absolute Gasteiger partial charge is 0.492 e. The summed E-state index contributed by atoms with van der Waals surface area (Å²) in [6, 6.07) is 8.46. The van der Waals surface area contributed by atoms with Gasteiger partial charge in [-0.1, -0.05) is 32.0 Å². The Morgan fingerprint density at radius 3 is 2.47 bits per heavy atom. The molecular formula is C26H39N3O4S. The molecule has 2 aromatic rings. The Morgan fingerprint density at radius 1 is 1.21 bits per heavy atom. The van der Waals surface area contributed by atoms with Crippen molar-refractivity contribution < 1.29 is 17.9 Å². The van der Waals surface area contributed by atoms with Crippen LogP contribution in [0.25, 0.3) is 11.3 Å². The quantitative estimate of drug-likeness (QED) is 0.513. The number of aryl methyl sites for hydroxylation is 3. The fourth-order valence-electron chi connectivity index (χ4n) is 4.45. The Labute approximate surface area is 204 Å². The molecule has 0 spiro atoms. The third-order valence-electron chi connectivity index (χ3n) is 6.43. The maximum atomic E-state index is 11.5. The summed E-state index contributed by atoms with van der Waals surface area (Å²) in [7, 11) is -3.27. The van der Waals surface area contributed by atoms with E-state index in [9.17, 15) is 8.42 Å². The molecule has 0 aliphatic carbocycles. The van der Waals surface area contributed by atoms with E-state index in [4.69, 9.17) is 14.5 Å². The molecule has 1 saturated heterocycles. The first-order valence-corrected chi connectivity index (χ1v) is 14.0. The average Bonchev–Trinajstić information content (AvgIpc) is 2.78. The maximum Gasteiger partial charge on any atom is 0.208 e. The second-order valence-corrected chi connectivity index (χ2v) is 11.4. The molecule has 1 fully saturated rings. The number of ether oxygens (including phenoxy) is 2. The van der Waals surface area contributed by atoms with Gasteiger partial charge in [-0.05, 0) is 44.7 Å². The first kappa shape index (κ1) is 26.6. The number of sulfonamides is 1. The number of aromatic nitrogens is 1. The summed E-state index contributed by atoms with van der Waals surface area (Å²) in [5.74, 6) is 0.757. The van der Waals surface area contributed by atoms with E-state index in [0.29, 0.717) is 19.8 Å². The van der Waals surface area contributed by atoms with Crippen molar-refractivity contribution >= 4 is 10.0 Å². The molecular weight excluding hydrogens is 450 g/mol. The molecule has 7 nitrogen and oxygen atoms in total. The normalized spacial score (nSPS) is 16.5. The Balaban J connectivity index is 2.02. The highest BCUT2D eigenvalue weighted by Crippen LogP contribution is 2.34. The van der Waals surface area contributed by atoms with Crippen molar-refractivity contribution in [1.29, 1.82) is 0 Å². The third-order valence-corrected chi connectivity index (χ3v) is 7.16. The van der Waals surface area contributed by atoms with Crippen LogP contribution in [-0.2, 0) is 34.1 Å². The van der Waals surface area contributed by atoms with Crippen molar-refractivity contribution in [2.45, 2.75) is 59.5 Å². The van der Waals surface area contributed by atoms with Crippen LogP contribution in [0.2, 0.25) is 0 Å². The van der Waals surface area contributed by atoms with Crippen molar-refractivity contribution in [3.05, 3.63) is 46.6 Å². The average molecular weight is 490 g/mol. The standard InChI is InChI=1S/C26H39N3O4S/c1-7-20-10-9-11-21(8-2)25(20)23-16-24(33-14-12-27-34(6,30)31)22(19(3)28-23)17-29-13-15-32-18-26(29,4)5/h9-11,16,27H,7-8,12-15,17-18H2,1-6H3. The number of pyridine rings is 1. The Bertz CT molecular complexity index is 1080. The van der Waals surface area contributed by atoms with Gasteiger partial charge in [-0.2, -0.15) is 0 Å². The highest BCUT2D eigenvalue weighted by molar-refractivity contribution is 7.88. The molecule has 1 N–H and O–H groups in total. The minimum absolute atomic E-state index is 0.0946. The van der Waals surface area contributed by atoms with Crippen molar-refractivity contribution in [3.8, 4) is 17.0 Å². The van der Waals surface area contributed by atoms with Crippen molar-refractivity contribution in [2.24, 2.45) is 0 Å². The van der Waals surface area contributed by atoms with Gasteiger partial charge in [0.1, 0.15) is 12.4 Å². The molecule has 1 aromatic heterocycles. The third kappa shape index (κ3) is 6.56. The molecule has 0 unspecified atom stereocenters. The van der Waals surface area contributed by atoms with Crippen molar-refractivity contribution in [3.63, 3.8) is 0 Å². The summed E-state index contributed by atoms with van der Waals surface area (Å²) in [6.45, 7) is 14.1. The van der Waals surface area contributed by atoms with E-state index >= 15 is 0 Å². The minimum atomic E-state index is -3.27. The summed E-state index contributed by atoms with van der Waals surface area (Å²) in [5, 5.41) is 0. The van der Waals surface area contributed by atoms with Gasteiger partial charge in [0.2, 0.25) is 10.0 Å². The van der Waals surface area contributed by atoms with Gasteiger partial charge in [-0.15, -0.1) is 0 Å². The molecule has 1 aliphatic rings. The second-order valence-electron chi connectivity index (χ2n) is 9.53. The zero-order chi connectivity index (χ0) is 24.9. The molecule has 8 heteroatoms. The first-order valence-electron chi connectivity index (χ1n) is 12.1. The zero-order valence-electron chi connectivity index (χ0n) is 21.4. The highest BCUT2D eigenvalue weighted by atomic mass is 32.2. The van der Waals surface area contributed by atoms with E-state index in [1.54, 1.807) is 0 Å². The summed E-state index contributed by atoms with van der Waals surface area (Å²) >= 11 is 0. The highest BCUT2D eigenvalue weighted by Gasteiger charge is 2.31. The van der Waals surface area contributed by atoms with Gasteiger partial charge in [0.15, 0.2) is 0 Å². The molecule has 188 valence electrons. The zero-order valence-corrected chi connectivity index (χ0v) is 22.2. The molecule has 2 heterocycles. The van der Waals surface area contributed by atoms with E-state index in [2.05, 4.69) is 55.5 Å². The molecule has 0 saturated carbocycles. The van der Waals surface area contributed by atoms with Crippen LogP contribution in [-0.4, -0.2) is 63.0 Å². The van der Waals surface area contributed by atoms with E-state index in [-0.39, 0.29) is 18.7 Å². The van der Waals surface area contributed by atoms with Crippen LogP contribution >= 0.6 is 0 Å². The Hall–Kier alpha value is -2.00. The summed E-state index contributed by atoms with van der Waals surface area (Å²) in [6.07, 6.45) is 2.99. The summed E-state index contributed by atoms with van der Waals surface area (Å²) in [4.78, 5) is 7.45. The number of nitrogens with zero attached hydrogens (tertiary/aromatic N) is 2. The van der Waals surface area contributed by atoms with Crippen LogP contribution in [0.15, 0.2) is 24.3 Å². The smallest absolute Gasteiger partial charge is 0.208 e. The number of morpholine rings is 1. The molecule has 34 heavy (non-hydrogen) atoms. The lowest BCUT2D eigenvalue weighted by Gasteiger charge is -2.42. The fraction of sp³-hybridized carbons (Fsp3) is 0.577. The lowest BCUT2D eigenvalue weighted by molar-refractivity contribution is -0.0556. The molecule has 0 atom stereocenters. The van der Waals surface area contributed by atoms with Crippen LogP contribution in [0.1, 0.15) is 50.1 Å². The predicted octanol–water partition coefficient (Wildman–Crippen LogP) is 3.72. The summed E-state index contributed by atoms with van der Waals surface area (Å²) < 4.78 is 37.4. The lowest BCUT2D eigenvalue weighted by atomic mass is 9.93. The molecule has 1 aromatic carbocycles. The predicted molar refractivity (Wildman–Crippen MR) is 137 cm³/mol. The lowest BCUT2D eigenvalue weighted by Crippen LogP contribution is -2.52. The van der Waals surface area contributed by atoms with Gasteiger partial charge in [0, 0.05) is 48.1 Å². The molecule has 0 radical (unpaired) electrons. The second kappa shape index (κ2) is 11.2. The molecule has 3 rings (SSSR count). The summed E-state index contributed by atoms with van der Waals surface area (Å²) in [5.41, 5.74) is 6.47. The number of hydrogen-bond donors (Lipinski definition) is 1. The van der Waals surface area contributed by atoms with E-state index < -0.39 is 10.0 Å². The maximum absolute atomic E-state index is 11.5. The number of benzene rings is 1. The van der Waals surface area contributed by atoms with Gasteiger partial charge in [0.25, 0.3) is 0 Å². The number of nitrogens with one attached hydrogen (secondary N) is 1. The van der Waals surface area contributed by atoms with E-state index in [0.717, 1.165) is 48.3 Å². The van der Waals surface area contributed by atoms with Crippen LogP contribution in [0, 0.1) is 6.92 Å².